The second-order valence-corrected chi connectivity index (χ2v) is 9.29. The average molecular weight is 375 g/mol. The quantitative estimate of drug-likeness (QED) is 0.408. The lowest BCUT2D eigenvalue weighted by Crippen LogP contribution is -2.29. The summed E-state index contributed by atoms with van der Waals surface area (Å²) in [6.45, 7) is 15.1. The third-order valence-electron chi connectivity index (χ3n) is 6.08. The molecule has 1 nitrogen and oxygen atoms in total. The Hall–Kier alpha value is -0.730. The van der Waals surface area contributed by atoms with Gasteiger partial charge in [-0.2, -0.15) is 12.6 Å². The lowest BCUT2D eigenvalue weighted by atomic mass is 9.78. The molecule has 1 N–H and O–H groups in total. The number of aliphatic hydroxyl groups excluding tert-OH is 1. The van der Waals surface area contributed by atoms with E-state index in [4.69, 9.17) is 12.6 Å². The summed E-state index contributed by atoms with van der Waals surface area (Å²) in [5, 5.41) is 10.8. The minimum atomic E-state index is -0.429. The first-order chi connectivity index (χ1) is 12.3. The second-order valence-electron chi connectivity index (χ2n) is 8.49. The SMILES string of the molecule is C=C1C(O)CC2=C(C(C)C)CCC2(S)/C=C2/C(C=CC)CCC12.CCC. The molecule has 0 aliphatic heterocycles. The molecule has 1 fully saturated rings. The van der Waals surface area contributed by atoms with E-state index >= 15 is 0 Å². The van der Waals surface area contributed by atoms with Crippen molar-refractivity contribution in [1.82, 2.24) is 0 Å². The molecular weight excluding hydrogens is 336 g/mol. The van der Waals surface area contributed by atoms with Gasteiger partial charge in [0.25, 0.3) is 0 Å². The van der Waals surface area contributed by atoms with Crippen LogP contribution in [0.4, 0.5) is 0 Å². The third-order valence-corrected chi connectivity index (χ3v) is 6.71. The van der Waals surface area contributed by atoms with Crippen LogP contribution in [0, 0.1) is 17.8 Å². The second kappa shape index (κ2) is 8.97. The van der Waals surface area contributed by atoms with Crippen LogP contribution in [0.15, 0.2) is 47.1 Å². The zero-order valence-electron chi connectivity index (χ0n) is 17.4. The highest BCUT2D eigenvalue weighted by molar-refractivity contribution is 7.82. The van der Waals surface area contributed by atoms with Gasteiger partial charge in [0.2, 0.25) is 0 Å². The van der Waals surface area contributed by atoms with Gasteiger partial charge in [0.05, 0.1) is 10.9 Å². The van der Waals surface area contributed by atoms with Crippen LogP contribution < -0.4 is 0 Å². The van der Waals surface area contributed by atoms with Crippen LogP contribution in [0.25, 0.3) is 0 Å². The molecule has 0 radical (unpaired) electrons. The molecule has 0 spiro atoms. The van der Waals surface area contributed by atoms with Crippen LogP contribution in [0.1, 0.15) is 73.1 Å². The van der Waals surface area contributed by atoms with Crippen LogP contribution >= 0.6 is 12.6 Å². The molecule has 1 saturated carbocycles. The Labute approximate surface area is 166 Å². The Morgan fingerprint density at radius 1 is 1.35 bits per heavy atom. The van der Waals surface area contributed by atoms with Crippen LogP contribution in [-0.4, -0.2) is 16.0 Å². The monoisotopic (exact) mass is 374 g/mol. The van der Waals surface area contributed by atoms with Crippen molar-refractivity contribution in [2.45, 2.75) is 84.0 Å². The van der Waals surface area contributed by atoms with Crippen molar-refractivity contribution in [3.63, 3.8) is 0 Å². The maximum Gasteiger partial charge on any atom is 0.0791 e. The van der Waals surface area contributed by atoms with Crippen molar-refractivity contribution < 1.29 is 5.11 Å². The average Bonchev–Trinajstić information content (AvgIpc) is 3.09. The predicted octanol–water partition coefficient (Wildman–Crippen LogP) is 6.67. The molecule has 3 rings (SSSR count). The number of hydrogen-bond donors (Lipinski definition) is 2. The Bertz CT molecular complexity index is 610. The van der Waals surface area contributed by atoms with Gasteiger partial charge in [-0.3, -0.25) is 0 Å². The van der Waals surface area contributed by atoms with E-state index in [2.05, 4.69) is 59.4 Å². The van der Waals surface area contributed by atoms with Gasteiger partial charge in [0, 0.05) is 12.3 Å². The molecule has 0 amide bonds. The predicted molar refractivity (Wildman–Crippen MR) is 118 cm³/mol. The van der Waals surface area contributed by atoms with Gasteiger partial charge in [0.15, 0.2) is 0 Å². The number of aliphatic hydroxyl groups is 1. The maximum absolute atomic E-state index is 10.8. The topological polar surface area (TPSA) is 20.2 Å². The molecule has 146 valence electrons. The van der Waals surface area contributed by atoms with E-state index in [-0.39, 0.29) is 4.75 Å². The molecule has 0 bridgehead atoms. The van der Waals surface area contributed by atoms with E-state index in [0.717, 1.165) is 31.3 Å². The first-order valence-corrected chi connectivity index (χ1v) is 10.9. The van der Waals surface area contributed by atoms with E-state index in [9.17, 15) is 5.11 Å². The largest absolute Gasteiger partial charge is 0.388 e. The number of hydrogen-bond acceptors (Lipinski definition) is 2. The van der Waals surface area contributed by atoms with Crippen molar-refractivity contribution in [2.75, 3.05) is 0 Å². The van der Waals surface area contributed by atoms with Gasteiger partial charge < -0.3 is 5.11 Å². The summed E-state index contributed by atoms with van der Waals surface area (Å²) >= 11 is 5.14. The highest BCUT2D eigenvalue weighted by Crippen LogP contribution is 2.53. The highest BCUT2D eigenvalue weighted by atomic mass is 32.1. The zero-order chi connectivity index (χ0) is 19.5. The summed E-state index contributed by atoms with van der Waals surface area (Å²) < 4.78 is -0.168. The van der Waals surface area contributed by atoms with Gasteiger partial charge in [-0.05, 0) is 55.6 Å². The molecule has 3 aliphatic rings. The maximum atomic E-state index is 10.8. The van der Waals surface area contributed by atoms with Gasteiger partial charge in [0.1, 0.15) is 0 Å². The Morgan fingerprint density at radius 3 is 2.58 bits per heavy atom. The van der Waals surface area contributed by atoms with Crippen LogP contribution in [0.3, 0.4) is 0 Å². The van der Waals surface area contributed by atoms with Gasteiger partial charge in [-0.1, -0.05) is 70.1 Å². The molecule has 3 aliphatic carbocycles. The fourth-order valence-corrected chi connectivity index (χ4v) is 5.32. The van der Waals surface area contributed by atoms with Gasteiger partial charge >= 0.3 is 0 Å². The van der Waals surface area contributed by atoms with Crippen molar-refractivity contribution in [3.8, 4) is 0 Å². The fraction of sp³-hybridized carbons (Fsp3) is 0.667. The third kappa shape index (κ3) is 4.22. The first kappa shape index (κ1) is 21.6. The summed E-state index contributed by atoms with van der Waals surface area (Å²) in [4.78, 5) is 0. The molecular formula is C24H38OS. The molecule has 0 aromatic heterocycles. The Morgan fingerprint density at radius 2 is 2.00 bits per heavy atom. The molecule has 2 heteroatoms. The Balaban J connectivity index is 0.000000758. The minimum Gasteiger partial charge on any atom is -0.388 e. The summed E-state index contributed by atoms with van der Waals surface area (Å²) in [6.07, 6.45) is 12.9. The number of thiol groups is 1. The molecule has 0 aromatic carbocycles. The number of allylic oxidation sites excluding steroid dienone is 4. The molecule has 4 atom stereocenters. The zero-order valence-corrected chi connectivity index (χ0v) is 18.3. The highest BCUT2D eigenvalue weighted by Gasteiger charge is 2.43. The van der Waals surface area contributed by atoms with Crippen molar-refractivity contribution in [3.05, 3.63) is 47.1 Å². The lowest BCUT2D eigenvalue weighted by molar-refractivity contribution is 0.197. The van der Waals surface area contributed by atoms with Crippen molar-refractivity contribution in [1.29, 1.82) is 0 Å². The van der Waals surface area contributed by atoms with Gasteiger partial charge in [-0.25, -0.2) is 0 Å². The number of fused-ring (bicyclic) bond motifs is 2. The summed E-state index contributed by atoms with van der Waals surface area (Å²) in [7, 11) is 0. The van der Waals surface area contributed by atoms with Crippen LogP contribution in [0.5, 0.6) is 0 Å². The summed E-state index contributed by atoms with van der Waals surface area (Å²) in [5.74, 6) is 1.35. The fourth-order valence-electron chi connectivity index (χ4n) is 4.83. The van der Waals surface area contributed by atoms with Crippen molar-refractivity contribution >= 4 is 12.6 Å². The molecule has 0 heterocycles. The molecule has 26 heavy (non-hydrogen) atoms. The normalized spacial score (nSPS) is 36.2. The first-order valence-electron chi connectivity index (χ1n) is 10.5. The van der Waals surface area contributed by atoms with Crippen molar-refractivity contribution in [2.24, 2.45) is 17.8 Å². The summed E-state index contributed by atoms with van der Waals surface area (Å²) in [6, 6.07) is 0. The van der Waals surface area contributed by atoms with E-state index in [0.29, 0.717) is 24.2 Å². The minimum absolute atomic E-state index is 0.168. The van der Waals surface area contributed by atoms with E-state index < -0.39 is 6.10 Å². The Kier molecular flexibility index (Phi) is 7.44. The number of rotatable bonds is 2. The van der Waals surface area contributed by atoms with E-state index in [1.807, 2.05) is 0 Å². The molecule has 4 unspecified atom stereocenters. The standard InChI is InChI=1S/C21H30OS.C3H8/c1-5-6-15-7-8-17-14(4)20(22)11-19-16(13(2)3)9-10-21(19,23)12-18(15)17;1-3-2/h5-6,12-13,15,17,20,22-23H,4,7-11H2,1-3H3;3H2,1-2H3/b6-5?,18-12-;. The lowest BCUT2D eigenvalue weighted by Gasteiger charge is -2.34. The summed E-state index contributed by atoms with van der Waals surface area (Å²) in [5.41, 5.74) is 5.33. The van der Waals surface area contributed by atoms with E-state index in [1.54, 1.807) is 0 Å². The van der Waals surface area contributed by atoms with Gasteiger partial charge in [-0.15, -0.1) is 0 Å². The smallest absolute Gasteiger partial charge is 0.0791 e. The molecule has 0 saturated heterocycles. The molecule has 0 aromatic rings. The van der Waals surface area contributed by atoms with Crippen LogP contribution in [0.2, 0.25) is 0 Å². The van der Waals surface area contributed by atoms with E-state index in [1.165, 1.54) is 23.1 Å². The van der Waals surface area contributed by atoms with Crippen LogP contribution in [-0.2, 0) is 0 Å².